The Morgan fingerprint density at radius 1 is 1.00 bits per heavy atom. The van der Waals surface area contributed by atoms with Gasteiger partial charge in [-0.15, -0.1) is 0 Å². The van der Waals surface area contributed by atoms with E-state index in [1.165, 1.54) is 12.1 Å². The van der Waals surface area contributed by atoms with E-state index in [9.17, 15) is 18.4 Å². The van der Waals surface area contributed by atoms with Gasteiger partial charge < -0.3 is 10.6 Å². The summed E-state index contributed by atoms with van der Waals surface area (Å²) in [5, 5.41) is 4.95. The highest BCUT2D eigenvalue weighted by molar-refractivity contribution is 6.30. The van der Waals surface area contributed by atoms with E-state index in [-0.39, 0.29) is 12.3 Å². The SMILES string of the molecule is NC(=O)N(C(=O)c1c(F)cccc1F)c1ccc(CON=C(c2ccc(Cl)cc2)C2CC2)cc1. The topological polar surface area (TPSA) is 85.0 Å². The highest BCUT2D eigenvalue weighted by Gasteiger charge is 2.30. The van der Waals surface area contributed by atoms with Crippen LogP contribution in [0.1, 0.15) is 34.3 Å². The number of imide groups is 1. The van der Waals surface area contributed by atoms with Crippen LogP contribution in [0.5, 0.6) is 0 Å². The molecule has 0 aliphatic heterocycles. The molecule has 34 heavy (non-hydrogen) atoms. The van der Waals surface area contributed by atoms with Crippen LogP contribution in [0.15, 0.2) is 71.9 Å². The van der Waals surface area contributed by atoms with E-state index in [4.69, 9.17) is 22.2 Å². The first kappa shape index (κ1) is 23.4. The third-order valence-corrected chi connectivity index (χ3v) is 5.54. The molecule has 0 aromatic heterocycles. The molecule has 0 unspecified atom stereocenters. The van der Waals surface area contributed by atoms with Crippen molar-refractivity contribution in [3.05, 3.63) is 100 Å². The van der Waals surface area contributed by atoms with Gasteiger partial charge in [0.1, 0.15) is 23.8 Å². The Balaban J connectivity index is 1.48. The Labute approximate surface area is 199 Å². The maximum atomic E-state index is 14.0. The van der Waals surface area contributed by atoms with Crippen LogP contribution < -0.4 is 10.6 Å². The van der Waals surface area contributed by atoms with Crippen LogP contribution in [0.25, 0.3) is 0 Å². The first-order chi connectivity index (χ1) is 16.3. The normalized spacial score (nSPS) is 13.4. The summed E-state index contributed by atoms with van der Waals surface area (Å²) in [6.45, 7) is 0.135. The van der Waals surface area contributed by atoms with Crippen molar-refractivity contribution in [1.29, 1.82) is 0 Å². The number of urea groups is 1. The predicted molar refractivity (Wildman–Crippen MR) is 125 cm³/mol. The van der Waals surface area contributed by atoms with E-state index in [0.717, 1.165) is 42.3 Å². The fraction of sp³-hybridized carbons (Fsp3) is 0.160. The van der Waals surface area contributed by atoms with Crippen molar-refractivity contribution in [1.82, 2.24) is 0 Å². The molecule has 0 saturated heterocycles. The van der Waals surface area contributed by atoms with Gasteiger partial charge in [-0.05, 0) is 60.4 Å². The summed E-state index contributed by atoms with van der Waals surface area (Å²) >= 11 is 5.96. The zero-order valence-electron chi connectivity index (χ0n) is 17.9. The molecule has 3 aromatic rings. The van der Waals surface area contributed by atoms with Gasteiger partial charge in [-0.2, -0.15) is 0 Å². The first-order valence-electron chi connectivity index (χ1n) is 10.5. The van der Waals surface area contributed by atoms with Gasteiger partial charge in [-0.3, -0.25) is 4.79 Å². The van der Waals surface area contributed by atoms with E-state index in [0.29, 0.717) is 21.4 Å². The zero-order chi connectivity index (χ0) is 24.2. The van der Waals surface area contributed by atoms with Gasteiger partial charge >= 0.3 is 6.03 Å². The van der Waals surface area contributed by atoms with E-state index < -0.39 is 29.1 Å². The molecule has 3 amide bonds. The third kappa shape index (κ3) is 5.23. The average molecular weight is 484 g/mol. The molecule has 174 valence electrons. The van der Waals surface area contributed by atoms with Crippen LogP contribution in [0, 0.1) is 17.6 Å². The molecule has 6 nitrogen and oxygen atoms in total. The van der Waals surface area contributed by atoms with Crippen molar-refractivity contribution in [2.75, 3.05) is 4.90 Å². The van der Waals surface area contributed by atoms with Gasteiger partial charge in [-0.25, -0.2) is 18.5 Å². The maximum absolute atomic E-state index is 14.0. The molecule has 1 aliphatic rings. The number of amides is 3. The monoisotopic (exact) mass is 483 g/mol. The van der Waals surface area contributed by atoms with Gasteiger partial charge in [0.2, 0.25) is 0 Å². The van der Waals surface area contributed by atoms with Crippen molar-refractivity contribution in [3.8, 4) is 0 Å². The molecule has 1 saturated carbocycles. The Bertz CT molecular complexity index is 1220. The minimum Gasteiger partial charge on any atom is -0.391 e. The molecule has 4 rings (SSSR count). The van der Waals surface area contributed by atoms with Crippen LogP contribution in [0.4, 0.5) is 19.3 Å². The van der Waals surface area contributed by atoms with Gasteiger partial charge in [0.05, 0.1) is 11.4 Å². The number of oxime groups is 1. The Kier molecular flexibility index (Phi) is 6.88. The zero-order valence-corrected chi connectivity index (χ0v) is 18.6. The molecular weight excluding hydrogens is 464 g/mol. The summed E-state index contributed by atoms with van der Waals surface area (Å²) in [4.78, 5) is 30.7. The third-order valence-electron chi connectivity index (χ3n) is 5.29. The van der Waals surface area contributed by atoms with Crippen LogP contribution in [0.3, 0.4) is 0 Å². The number of hydrogen-bond acceptors (Lipinski definition) is 4. The number of anilines is 1. The first-order valence-corrected chi connectivity index (χ1v) is 10.9. The van der Waals surface area contributed by atoms with E-state index in [1.807, 2.05) is 12.1 Å². The fourth-order valence-electron chi connectivity index (χ4n) is 3.42. The number of rotatable bonds is 7. The standard InChI is InChI=1S/C25H20ClF2N3O3/c26-18-10-8-17(9-11-18)23(16-6-7-16)30-34-14-15-4-12-19(13-5-15)31(25(29)33)24(32)22-20(27)2-1-3-21(22)28/h1-5,8-13,16H,6-7,14H2,(H2,29,33). The smallest absolute Gasteiger partial charge is 0.326 e. The van der Waals surface area contributed by atoms with Crippen molar-refractivity contribution >= 4 is 34.9 Å². The van der Waals surface area contributed by atoms with Crippen LogP contribution in [0.2, 0.25) is 5.02 Å². The number of carbonyl (C=O) groups excluding carboxylic acids is 2. The minimum atomic E-state index is -1.20. The van der Waals surface area contributed by atoms with Crippen LogP contribution in [-0.2, 0) is 11.4 Å². The largest absolute Gasteiger partial charge is 0.391 e. The maximum Gasteiger partial charge on any atom is 0.326 e. The van der Waals surface area contributed by atoms with Crippen molar-refractivity contribution in [2.24, 2.45) is 16.8 Å². The van der Waals surface area contributed by atoms with Gasteiger partial charge in [0.15, 0.2) is 0 Å². The highest BCUT2D eigenvalue weighted by Crippen LogP contribution is 2.34. The molecule has 1 aliphatic carbocycles. The lowest BCUT2D eigenvalue weighted by atomic mass is 10.1. The quantitative estimate of drug-likeness (QED) is 0.347. The Hall–Kier alpha value is -3.78. The number of primary amides is 1. The van der Waals surface area contributed by atoms with E-state index in [1.54, 1.807) is 24.3 Å². The fourth-order valence-corrected chi connectivity index (χ4v) is 3.54. The molecule has 0 spiro atoms. The van der Waals surface area contributed by atoms with Gasteiger partial charge in [0, 0.05) is 10.9 Å². The lowest BCUT2D eigenvalue weighted by Crippen LogP contribution is -2.41. The summed E-state index contributed by atoms with van der Waals surface area (Å²) in [7, 11) is 0. The van der Waals surface area contributed by atoms with Crippen LogP contribution in [-0.4, -0.2) is 17.6 Å². The lowest BCUT2D eigenvalue weighted by Gasteiger charge is -2.19. The molecule has 3 aromatic carbocycles. The molecule has 0 atom stereocenters. The Morgan fingerprint density at radius 2 is 1.62 bits per heavy atom. The molecule has 9 heteroatoms. The number of nitrogens with zero attached hydrogens (tertiary/aromatic N) is 2. The average Bonchev–Trinajstić information content (AvgIpc) is 3.64. The van der Waals surface area contributed by atoms with Crippen molar-refractivity contribution < 1.29 is 23.2 Å². The van der Waals surface area contributed by atoms with Gasteiger partial charge in [-0.1, -0.05) is 47.1 Å². The van der Waals surface area contributed by atoms with E-state index >= 15 is 0 Å². The predicted octanol–water partition coefficient (Wildman–Crippen LogP) is 5.67. The second-order valence-electron chi connectivity index (χ2n) is 7.77. The molecule has 0 bridgehead atoms. The second-order valence-corrected chi connectivity index (χ2v) is 8.21. The molecular formula is C25H20ClF2N3O3. The number of benzene rings is 3. The van der Waals surface area contributed by atoms with Gasteiger partial charge in [0.25, 0.3) is 5.91 Å². The molecule has 0 radical (unpaired) electrons. The molecule has 2 N–H and O–H groups in total. The summed E-state index contributed by atoms with van der Waals surface area (Å²) in [5.74, 6) is -3.04. The number of carbonyl (C=O) groups is 2. The highest BCUT2D eigenvalue weighted by atomic mass is 35.5. The van der Waals surface area contributed by atoms with Crippen molar-refractivity contribution in [3.63, 3.8) is 0 Å². The Morgan fingerprint density at radius 3 is 2.18 bits per heavy atom. The summed E-state index contributed by atoms with van der Waals surface area (Å²) in [6.07, 6.45) is 2.08. The molecule has 0 heterocycles. The summed E-state index contributed by atoms with van der Waals surface area (Å²) < 4.78 is 28.1. The van der Waals surface area contributed by atoms with E-state index in [2.05, 4.69) is 5.16 Å². The van der Waals surface area contributed by atoms with Crippen LogP contribution >= 0.6 is 11.6 Å². The number of nitrogens with two attached hydrogens (primary N) is 1. The number of halogens is 3. The number of hydrogen-bond donors (Lipinski definition) is 1. The second kappa shape index (κ2) is 10.0. The van der Waals surface area contributed by atoms with Crippen molar-refractivity contribution in [2.45, 2.75) is 19.4 Å². The minimum absolute atomic E-state index is 0.0623. The summed E-state index contributed by atoms with van der Waals surface area (Å²) in [6, 6.07) is 15.3. The molecule has 1 fully saturated rings. The lowest BCUT2D eigenvalue weighted by molar-refractivity contribution is 0.0987. The summed E-state index contributed by atoms with van der Waals surface area (Å²) in [5.41, 5.74) is 7.02.